The molecule has 0 spiro atoms. The first-order valence-corrected chi connectivity index (χ1v) is 38.2. The summed E-state index contributed by atoms with van der Waals surface area (Å²) in [5.41, 5.74) is 33.5. The molecule has 0 aliphatic heterocycles. The Balaban J connectivity index is 0.764. The Morgan fingerprint density at radius 3 is 1.24 bits per heavy atom. The lowest BCUT2D eigenvalue weighted by Gasteiger charge is -2.26. The van der Waals surface area contributed by atoms with Gasteiger partial charge >= 0.3 is 0 Å². The molecule has 0 aliphatic rings. The van der Waals surface area contributed by atoms with E-state index in [-0.39, 0.29) is 155 Å². The number of carbonyl (C=O) groups excluding carboxylic acids is 11. The van der Waals surface area contributed by atoms with Crippen LogP contribution in [0.25, 0.3) is 21.8 Å². The van der Waals surface area contributed by atoms with E-state index in [0.717, 1.165) is 32.9 Å². The highest BCUT2D eigenvalue weighted by molar-refractivity contribution is 5.98. The normalized spacial score (nSPS) is 13.2. The van der Waals surface area contributed by atoms with Gasteiger partial charge in [-0.05, 0) is 66.5 Å². The molecule has 116 heavy (non-hydrogen) atoms. The van der Waals surface area contributed by atoms with Crippen molar-refractivity contribution < 1.29 is 67.0 Å². The van der Waals surface area contributed by atoms with E-state index in [4.69, 9.17) is 42.9 Å². The van der Waals surface area contributed by atoms with E-state index in [0.29, 0.717) is 28.9 Å². The molecule has 37 nitrogen and oxygen atoms in total. The Hall–Kier alpha value is -13.0. The van der Waals surface area contributed by atoms with Gasteiger partial charge in [-0.15, -0.1) is 0 Å². The van der Waals surface area contributed by atoms with Gasteiger partial charge in [0, 0.05) is 138 Å². The zero-order valence-corrected chi connectivity index (χ0v) is 64.6. The van der Waals surface area contributed by atoms with Crippen LogP contribution in [0.5, 0.6) is 0 Å². The zero-order chi connectivity index (χ0) is 83.0. The van der Waals surface area contributed by atoms with Crippen molar-refractivity contribution in [3.8, 4) is 0 Å². The molecule has 620 valence electrons. The Morgan fingerprint density at radius 2 is 0.784 bits per heavy atom. The summed E-state index contributed by atoms with van der Waals surface area (Å²) in [6, 6.07) is 22.8. The van der Waals surface area contributed by atoms with Crippen molar-refractivity contribution in [3.05, 3.63) is 180 Å². The number of aromatic amines is 4. The molecule has 11 amide bonds. The fourth-order valence-corrected chi connectivity index (χ4v) is 12.6. The van der Waals surface area contributed by atoms with Gasteiger partial charge < -0.3 is 116 Å². The number of H-pyrrole nitrogens is 4. The van der Waals surface area contributed by atoms with Crippen LogP contribution in [0, 0.1) is 0 Å². The minimum absolute atomic E-state index is 0.00311. The Labute approximate surface area is 669 Å². The monoisotopic (exact) mass is 1600 g/mol. The average molecular weight is 1600 g/mol. The fourth-order valence-electron chi connectivity index (χ4n) is 12.6. The van der Waals surface area contributed by atoms with Crippen LogP contribution < -0.4 is 81.8 Å². The number of para-hydroxylation sites is 2. The third-order valence-electron chi connectivity index (χ3n) is 18.4. The number of aromatic nitrogens is 6. The summed E-state index contributed by atoms with van der Waals surface area (Å²) in [6.45, 7) is 2.93. The van der Waals surface area contributed by atoms with Crippen LogP contribution in [-0.2, 0) is 105 Å². The number of fused-ring (bicyclic) bond motifs is 2. The lowest BCUT2D eigenvalue weighted by molar-refractivity contribution is -0.134. The predicted molar refractivity (Wildman–Crippen MR) is 431 cm³/mol. The zero-order valence-electron chi connectivity index (χ0n) is 64.6. The summed E-state index contributed by atoms with van der Waals surface area (Å²) < 4.78 is 17.1. The molecular weight excluding hydrogens is 1500 g/mol. The largest absolute Gasteiger partial charge is 0.379 e. The van der Waals surface area contributed by atoms with Gasteiger partial charge in [-0.1, -0.05) is 97.1 Å². The number of nitrogens with one attached hydrogen (secondary N) is 14. The summed E-state index contributed by atoms with van der Waals surface area (Å²) in [4.78, 5) is 180. The van der Waals surface area contributed by atoms with E-state index in [2.05, 4.69) is 93.1 Å². The van der Waals surface area contributed by atoms with Crippen molar-refractivity contribution in [3.63, 3.8) is 0 Å². The minimum Gasteiger partial charge on any atom is -0.379 e. The second-order valence-corrected chi connectivity index (χ2v) is 27.4. The van der Waals surface area contributed by atoms with E-state index >= 15 is 0 Å². The first-order chi connectivity index (χ1) is 56.0. The molecule has 4 aromatic carbocycles. The van der Waals surface area contributed by atoms with Crippen molar-refractivity contribution in [1.29, 1.82) is 0 Å². The van der Waals surface area contributed by atoms with Crippen LogP contribution in [-0.4, -0.2) is 221 Å². The van der Waals surface area contributed by atoms with Gasteiger partial charge in [0.2, 0.25) is 65.0 Å². The Kier molecular flexibility index (Phi) is 36.2. The van der Waals surface area contributed by atoms with Crippen LogP contribution in [0.2, 0.25) is 0 Å². The number of rotatable bonds is 52. The number of nitrogens with zero attached hydrogens (tertiary/aromatic N) is 4. The highest BCUT2D eigenvalue weighted by Crippen LogP contribution is 2.22. The number of benzene rings is 4. The second kappa shape index (κ2) is 47.5. The van der Waals surface area contributed by atoms with E-state index in [9.17, 15) is 52.7 Å². The number of imidazole rings is 2. The quantitative estimate of drug-likeness (QED) is 0.0121. The molecule has 24 N–H and O–H groups in total. The molecule has 0 saturated carbocycles. The lowest BCUT2D eigenvalue weighted by atomic mass is 10.0. The van der Waals surface area contributed by atoms with Crippen molar-refractivity contribution in [1.82, 2.24) is 83.1 Å². The molecular formula is C79H105N23O14. The van der Waals surface area contributed by atoms with Gasteiger partial charge in [-0.25, -0.2) is 9.97 Å². The number of hydrogen-bond donors (Lipinski definition) is 19. The highest BCUT2D eigenvalue weighted by atomic mass is 16.5. The van der Waals surface area contributed by atoms with Crippen molar-refractivity contribution in [2.75, 3.05) is 65.8 Å². The molecule has 37 heteroatoms. The number of primary amides is 1. The Morgan fingerprint density at radius 1 is 0.388 bits per heavy atom. The SMILES string of the molecule is CC(=O)N[C@@H](Cc1c[nH]cn1)C(=O)N[C@H](Cc1ccccc1)C(=O)N[C@@H](CCCN=C(N)N)C(=O)N[C@@H](Cc1c[nH]c2ccccc12)C(=O)NCCCOCCOCCOCCNC(=O)CCC(=O)N[C@@H](Cc1c[nH]cn1)C(=O)N[C@H](Cc1ccccc1)C(=O)N[C@@H](CCCN=C(N)N)C(=O)N[C@@H](Cc1c[nH]c2ccccc12)C(N)=O. The van der Waals surface area contributed by atoms with Crippen molar-refractivity contribution in [2.24, 2.45) is 38.7 Å². The average Bonchev–Trinajstić information content (AvgIpc) is 1.52. The molecule has 0 aliphatic carbocycles. The second-order valence-electron chi connectivity index (χ2n) is 27.4. The molecule has 0 bridgehead atoms. The number of hydrogen-bond acceptors (Lipinski definition) is 18. The third-order valence-corrected chi connectivity index (χ3v) is 18.4. The van der Waals surface area contributed by atoms with Crippen LogP contribution in [0.4, 0.5) is 0 Å². The summed E-state index contributed by atoms with van der Waals surface area (Å²) in [5, 5.41) is 29.3. The summed E-state index contributed by atoms with van der Waals surface area (Å²) >= 11 is 0. The number of aliphatic imine (C=N–C) groups is 2. The number of ether oxygens (including phenoxy) is 3. The molecule has 8 rings (SSSR count). The minimum atomic E-state index is -1.32. The van der Waals surface area contributed by atoms with E-state index in [1.165, 1.54) is 25.8 Å². The number of carbonyl (C=O) groups is 11. The van der Waals surface area contributed by atoms with E-state index in [1.54, 1.807) is 79.3 Å². The summed E-state index contributed by atoms with van der Waals surface area (Å²) in [5.74, 6) is -7.61. The van der Waals surface area contributed by atoms with Crippen LogP contribution >= 0.6 is 0 Å². The summed E-state index contributed by atoms with van der Waals surface area (Å²) in [6.07, 6.45) is 9.69. The highest BCUT2D eigenvalue weighted by Gasteiger charge is 2.35. The van der Waals surface area contributed by atoms with Gasteiger partial charge in [-0.3, -0.25) is 62.7 Å². The number of nitrogens with two attached hydrogens (primary N) is 5. The van der Waals surface area contributed by atoms with Gasteiger partial charge in [0.05, 0.1) is 57.1 Å². The maximum atomic E-state index is 14.6. The van der Waals surface area contributed by atoms with E-state index < -0.39 is 113 Å². The summed E-state index contributed by atoms with van der Waals surface area (Å²) in [7, 11) is 0. The van der Waals surface area contributed by atoms with E-state index in [1.807, 2.05) is 48.5 Å². The van der Waals surface area contributed by atoms with Crippen LogP contribution in [0.3, 0.4) is 0 Å². The van der Waals surface area contributed by atoms with Gasteiger partial charge in [-0.2, -0.15) is 0 Å². The first kappa shape index (κ1) is 88.5. The van der Waals surface area contributed by atoms with Gasteiger partial charge in [0.1, 0.15) is 48.3 Å². The number of amides is 11. The molecule has 0 fully saturated rings. The van der Waals surface area contributed by atoms with Crippen LogP contribution in [0.1, 0.15) is 85.5 Å². The first-order valence-electron chi connectivity index (χ1n) is 38.2. The third kappa shape index (κ3) is 30.8. The van der Waals surface area contributed by atoms with Crippen LogP contribution in [0.15, 0.2) is 157 Å². The predicted octanol–water partition coefficient (Wildman–Crippen LogP) is -1.21. The topological polar surface area (TPSA) is 580 Å². The van der Waals surface area contributed by atoms with Crippen molar-refractivity contribution >= 4 is 98.7 Å². The maximum Gasteiger partial charge on any atom is 0.243 e. The van der Waals surface area contributed by atoms with Crippen molar-refractivity contribution in [2.45, 2.75) is 139 Å². The number of guanidine groups is 2. The Bertz CT molecular complexity index is 4530. The van der Waals surface area contributed by atoms with Gasteiger partial charge in [0.15, 0.2) is 11.9 Å². The fraction of sp³-hybridized carbons (Fsp3) is 0.405. The molecule has 4 heterocycles. The molecule has 8 atom stereocenters. The molecule has 0 saturated heterocycles. The molecule has 8 aromatic rings. The molecule has 0 radical (unpaired) electrons. The smallest absolute Gasteiger partial charge is 0.243 e. The maximum absolute atomic E-state index is 14.6. The molecule has 0 unspecified atom stereocenters. The lowest BCUT2D eigenvalue weighted by Crippen LogP contribution is -2.59. The van der Waals surface area contributed by atoms with Gasteiger partial charge in [0.25, 0.3) is 0 Å². The molecule has 4 aromatic heterocycles. The standard InChI is InChI=1S/C79H105N23O14/c1-49(103)95-66(41-54-45-85-47-93-54)76(112)100-63(37-50-15-4-2-5-16-50)74(110)98-61(24-13-28-90-79(83)84)73(109)102-65(40-53-44-92-59-22-11-9-20-57(53)59)71(107)88-29-14-31-114-33-35-116-36-34-115-32-30-87-68(104)25-26-69(105)96-67(42-55-46-86-48-94-55)77(113)101-64(38-51-17-6-3-7-18-51)75(111)97-60(23-12-27-89-78(81)82)72(108)99-62(70(80)106)39-52-43-91-58-21-10-8-19-56(52)58/h2-11,15-22,43-48,60-67,91-92H,12-14,23-42H2,1H3,(H2,80,106)(H,85,93)(H,86,94)(H,87,104)(H,88,107)(H,95,103)(H,96,105)(H,97,111)(H,98,110)(H,99,108)(H,100,112)(H,101,113)(H,102,109)(H4,81,82,89)(H4,83,84,90)/t60-,61-,62-,63+,64+,65-,66-,67-/m0/s1.